The van der Waals surface area contributed by atoms with Crippen molar-refractivity contribution in [1.82, 2.24) is 10.1 Å². The first kappa shape index (κ1) is 18.8. The summed E-state index contributed by atoms with van der Waals surface area (Å²) in [5.41, 5.74) is 6.19. The van der Waals surface area contributed by atoms with Crippen LogP contribution in [0.5, 0.6) is 0 Å². The van der Waals surface area contributed by atoms with Crippen molar-refractivity contribution in [2.45, 2.75) is 64.3 Å². The number of carbonyl (C=O) groups excluding carboxylic acids is 1. The molecule has 1 aliphatic carbocycles. The Morgan fingerprint density at radius 1 is 1.43 bits per heavy atom. The molecular weight excluding hydrogens is 298 g/mol. The van der Waals surface area contributed by atoms with Gasteiger partial charge in [-0.25, -0.2) is 0 Å². The number of hydrogen-bond acceptors (Lipinski definition) is 7. The zero-order chi connectivity index (χ0) is 17.0. The highest BCUT2D eigenvalue weighted by atomic mass is 16.8. The van der Waals surface area contributed by atoms with Crippen molar-refractivity contribution < 1.29 is 14.7 Å². The summed E-state index contributed by atoms with van der Waals surface area (Å²) >= 11 is 0. The van der Waals surface area contributed by atoms with Crippen LogP contribution < -0.4 is 5.73 Å². The van der Waals surface area contributed by atoms with Gasteiger partial charge in [-0.05, 0) is 44.9 Å². The Balaban J connectivity index is 1.92. The van der Waals surface area contributed by atoms with Gasteiger partial charge in [0.2, 0.25) is 0 Å². The molecule has 5 unspecified atom stereocenters. The molecule has 2 fully saturated rings. The maximum absolute atomic E-state index is 12.6. The third kappa shape index (κ3) is 4.71. The van der Waals surface area contributed by atoms with Crippen LogP contribution >= 0.6 is 0 Å². The summed E-state index contributed by atoms with van der Waals surface area (Å²) in [7, 11) is 0. The minimum absolute atomic E-state index is 0.0333. The molecule has 3 N–H and O–H groups in total. The monoisotopic (exact) mass is 328 g/mol. The van der Waals surface area contributed by atoms with Crippen molar-refractivity contribution in [3.8, 4) is 0 Å². The van der Waals surface area contributed by atoms with E-state index in [0.717, 1.165) is 19.4 Å². The number of likely N-dealkylation sites (tertiary alicyclic amines) is 1. The third-order valence-electron chi connectivity index (χ3n) is 5.34. The lowest BCUT2D eigenvalue weighted by Gasteiger charge is -2.43. The van der Waals surface area contributed by atoms with Crippen LogP contribution in [0.15, 0.2) is 0 Å². The largest absolute Gasteiger partial charge is 0.762 e. The van der Waals surface area contributed by atoms with Gasteiger partial charge < -0.3 is 20.9 Å². The highest BCUT2D eigenvalue weighted by Gasteiger charge is 2.36. The van der Waals surface area contributed by atoms with E-state index in [1.807, 2.05) is 11.8 Å². The summed E-state index contributed by atoms with van der Waals surface area (Å²) in [5.74, 6) is 0.314. The smallest absolute Gasteiger partial charge is 0.150 e. The Labute approximate surface area is 138 Å². The second kappa shape index (κ2) is 8.50. The minimum atomic E-state index is -0.661. The van der Waals surface area contributed by atoms with Crippen LogP contribution in [-0.4, -0.2) is 59.1 Å². The number of nitrogens with two attached hydrogens (primary N) is 1. The van der Waals surface area contributed by atoms with Crippen LogP contribution in [0.4, 0.5) is 0 Å². The number of ether oxygens (including phenoxy) is 1. The maximum atomic E-state index is 12.6. The van der Waals surface area contributed by atoms with E-state index in [9.17, 15) is 15.2 Å². The molecule has 0 radical (unpaired) electrons. The quantitative estimate of drug-likeness (QED) is 0.709. The van der Waals surface area contributed by atoms with Gasteiger partial charge in [0.1, 0.15) is 5.78 Å². The Hall–Kier alpha value is -0.570. The van der Waals surface area contributed by atoms with Gasteiger partial charge in [0.15, 0.2) is 0 Å². The topological polar surface area (TPSA) is 102 Å². The van der Waals surface area contributed by atoms with Gasteiger partial charge in [0.25, 0.3) is 0 Å². The lowest BCUT2D eigenvalue weighted by molar-refractivity contribution is -0.152. The number of hydrogen-bond donors (Lipinski definition) is 2. The van der Waals surface area contributed by atoms with Crippen LogP contribution in [0.2, 0.25) is 0 Å². The zero-order valence-electron chi connectivity index (χ0n) is 14.2. The lowest BCUT2D eigenvalue weighted by Crippen LogP contribution is -2.53. The fourth-order valence-electron chi connectivity index (χ4n) is 3.86. The summed E-state index contributed by atoms with van der Waals surface area (Å²) in [6.07, 6.45) is 3.46. The maximum Gasteiger partial charge on any atom is 0.150 e. The molecule has 0 aromatic heterocycles. The van der Waals surface area contributed by atoms with E-state index in [4.69, 9.17) is 10.5 Å². The molecule has 1 saturated heterocycles. The van der Waals surface area contributed by atoms with Crippen LogP contribution in [0, 0.1) is 17.0 Å². The fourth-order valence-corrected chi connectivity index (χ4v) is 3.86. The summed E-state index contributed by atoms with van der Waals surface area (Å²) in [6.45, 7) is 5.66. The van der Waals surface area contributed by atoms with Crippen LogP contribution in [0.25, 0.3) is 0 Å². The number of hydroxylamine groups is 2. The minimum Gasteiger partial charge on any atom is -0.762 e. The molecule has 23 heavy (non-hydrogen) atoms. The molecule has 2 rings (SSSR count). The van der Waals surface area contributed by atoms with E-state index in [1.54, 1.807) is 0 Å². The Morgan fingerprint density at radius 2 is 2.17 bits per heavy atom. The Morgan fingerprint density at radius 3 is 2.83 bits per heavy atom. The van der Waals surface area contributed by atoms with Crippen molar-refractivity contribution in [3.63, 3.8) is 0 Å². The first-order valence-corrected chi connectivity index (χ1v) is 8.73. The molecule has 5 atom stereocenters. The summed E-state index contributed by atoms with van der Waals surface area (Å²) in [6, 6.07) is -0.661. The van der Waals surface area contributed by atoms with E-state index in [0.29, 0.717) is 38.3 Å². The Kier molecular flexibility index (Phi) is 6.94. The molecule has 0 spiro atoms. The molecule has 7 heteroatoms. The lowest BCUT2D eigenvalue weighted by atomic mass is 9.81. The predicted molar refractivity (Wildman–Crippen MR) is 86.5 cm³/mol. The van der Waals surface area contributed by atoms with Crippen molar-refractivity contribution in [2.24, 2.45) is 17.6 Å². The van der Waals surface area contributed by atoms with E-state index < -0.39 is 6.04 Å². The molecule has 0 amide bonds. The van der Waals surface area contributed by atoms with Crippen molar-refractivity contribution >= 4 is 5.78 Å². The van der Waals surface area contributed by atoms with E-state index >= 15 is 0 Å². The van der Waals surface area contributed by atoms with Crippen LogP contribution in [0.3, 0.4) is 0 Å². The zero-order valence-corrected chi connectivity index (χ0v) is 14.2. The van der Waals surface area contributed by atoms with Gasteiger partial charge in [0.05, 0.1) is 18.8 Å². The van der Waals surface area contributed by atoms with Crippen molar-refractivity contribution in [3.05, 3.63) is 5.21 Å². The Bertz CT molecular complexity index is 394. The van der Waals surface area contributed by atoms with Gasteiger partial charge in [-0.15, -0.1) is 0 Å². The first-order valence-electron chi connectivity index (χ1n) is 8.73. The number of Topliss-reactive ketones (excluding diaryl/α,β-unsaturated/α-hetero) is 1. The fraction of sp³-hybridized carbons (Fsp3) is 0.938. The van der Waals surface area contributed by atoms with Crippen LogP contribution in [0.1, 0.15) is 46.0 Å². The highest BCUT2D eigenvalue weighted by Crippen LogP contribution is 2.30. The molecule has 0 aromatic rings. The third-order valence-corrected chi connectivity index (χ3v) is 5.34. The molecule has 1 saturated carbocycles. The molecule has 134 valence electrons. The van der Waals surface area contributed by atoms with Gasteiger partial charge in [-0.1, -0.05) is 6.92 Å². The molecular formula is C16H30N3O4-. The second-order valence-electron chi connectivity index (χ2n) is 6.92. The van der Waals surface area contributed by atoms with E-state index in [2.05, 4.69) is 6.92 Å². The van der Waals surface area contributed by atoms with E-state index in [1.165, 1.54) is 0 Å². The number of nitrogens with zero attached hydrogens (tertiary/aromatic N) is 2. The number of rotatable bonds is 6. The van der Waals surface area contributed by atoms with Gasteiger partial charge >= 0.3 is 0 Å². The second-order valence-corrected chi connectivity index (χ2v) is 6.92. The van der Waals surface area contributed by atoms with Gasteiger partial charge in [-0.2, -0.15) is 0 Å². The highest BCUT2D eigenvalue weighted by molar-refractivity contribution is 5.83. The van der Waals surface area contributed by atoms with Crippen molar-refractivity contribution in [1.29, 1.82) is 0 Å². The number of ketones is 1. The molecule has 2 aliphatic rings. The van der Waals surface area contributed by atoms with Gasteiger partial charge in [0, 0.05) is 25.1 Å². The standard InChI is InChI=1S/C16H30N3O4/c1-3-23-15-7-6-12(9-13(15)19(21)22)14(20)10-18-8-4-5-11(2)16(18)17/h11-13,15-16,21H,3-10,17H2,1-2H3/q-1. The average molecular weight is 328 g/mol. The molecule has 1 aliphatic heterocycles. The van der Waals surface area contributed by atoms with Crippen molar-refractivity contribution in [2.75, 3.05) is 19.7 Å². The van der Waals surface area contributed by atoms with Crippen LogP contribution in [-0.2, 0) is 9.53 Å². The first-order chi connectivity index (χ1) is 10.9. The summed E-state index contributed by atoms with van der Waals surface area (Å²) < 4.78 is 5.52. The van der Waals surface area contributed by atoms with E-state index in [-0.39, 0.29) is 29.2 Å². The normalized spacial score (nSPS) is 36.3. The molecule has 0 aromatic carbocycles. The number of carbonyl (C=O) groups is 1. The summed E-state index contributed by atoms with van der Waals surface area (Å²) in [5, 5.41) is 20.7. The average Bonchev–Trinajstić information content (AvgIpc) is 2.52. The number of piperidine rings is 1. The summed E-state index contributed by atoms with van der Waals surface area (Å²) in [4.78, 5) is 14.7. The van der Waals surface area contributed by atoms with Gasteiger partial charge in [-0.3, -0.25) is 14.9 Å². The SMILES string of the molecule is CCOC1CCC(C(=O)CN2CCCC(C)C2N)CC1N([O-])O. The molecule has 0 bridgehead atoms. The predicted octanol–water partition coefficient (Wildman–Crippen LogP) is 1.34. The molecule has 7 nitrogen and oxygen atoms in total. The molecule has 1 heterocycles.